The molecular weight excluding hydrogens is 408 g/mol. The predicted octanol–water partition coefficient (Wildman–Crippen LogP) is 7.19. The molecule has 3 nitrogen and oxygen atoms in total. The van der Waals surface area contributed by atoms with Crippen LogP contribution in [0.25, 0.3) is 11.1 Å². The van der Waals surface area contributed by atoms with Crippen LogP contribution in [0.3, 0.4) is 0 Å². The molecule has 0 saturated carbocycles. The summed E-state index contributed by atoms with van der Waals surface area (Å²) in [5, 5.41) is 0. The summed E-state index contributed by atoms with van der Waals surface area (Å²) in [6.07, 6.45) is 0.755. The Bertz CT molecular complexity index is 1140. The van der Waals surface area contributed by atoms with E-state index in [-0.39, 0.29) is 11.9 Å². The Labute approximate surface area is 195 Å². The Balaban J connectivity index is 1.59. The van der Waals surface area contributed by atoms with Crippen LogP contribution in [0.1, 0.15) is 36.1 Å². The topological polar surface area (TPSA) is 35.5 Å². The predicted molar refractivity (Wildman–Crippen MR) is 131 cm³/mol. The fourth-order valence-electron chi connectivity index (χ4n) is 3.98. The van der Waals surface area contributed by atoms with E-state index in [4.69, 9.17) is 9.78 Å². The Morgan fingerprint density at radius 2 is 1.30 bits per heavy atom. The molecule has 0 aliphatic rings. The van der Waals surface area contributed by atoms with E-state index < -0.39 is 6.10 Å². The van der Waals surface area contributed by atoms with Crippen LogP contribution in [0.4, 0.5) is 0 Å². The van der Waals surface area contributed by atoms with E-state index in [0.717, 1.165) is 27.8 Å². The molecule has 4 aromatic rings. The van der Waals surface area contributed by atoms with Gasteiger partial charge in [0, 0.05) is 0 Å². The van der Waals surface area contributed by atoms with Crippen LogP contribution in [0, 0.1) is 5.92 Å². The van der Waals surface area contributed by atoms with Crippen LogP contribution in [-0.2, 0) is 21.0 Å². The second kappa shape index (κ2) is 11.3. The second-order valence-electron chi connectivity index (χ2n) is 8.04. The zero-order chi connectivity index (χ0) is 22.9. The highest BCUT2D eigenvalue weighted by molar-refractivity contribution is 5.72. The summed E-state index contributed by atoms with van der Waals surface area (Å²) in [5.74, 6) is -0.618. The minimum atomic E-state index is -0.541. The summed E-state index contributed by atoms with van der Waals surface area (Å²) >= 11 is 0. The van der Waals surface area contributed by atoms with Gasteiger partial charge in [0.2, 0.25) is 0 Å². The highest BCUT2D eigenvalue weighted by atomic mass is 17.2. The molecule has 0 radical (unpaired) electrons. The molecular formula is C30H28O3. The second-order valence-corrected chi connectivity index (χ2v) is 8.04. The Kier molecular flexibility index (Phi) is 7.68. The molecule has 0 bridgehead atoms. The highest BCUT2D eigenvalue weighted by Gasteiger charge is 2.25. The van der Waals surface area contributed by atoms with Crippen molar-refractivity contribution in [1.82, 2.24) is 0 Å². The van der Waals surface area contributed by atoms with Crippen molar-refractivity contribution in [2.24, 2.45) is 5.92 Å². The first kappa shape index (κ1) is 22.5. The van der Waals surface area contributed by atoms with Crippen molar-refractivity contribution < 1.29 is 14.6 Å². The van der Waals surface area contributed by atoms with Crippen molar-refractivity contribution in [2.45, 2.75) is 25.9 Å². The normalized spacial score (nSPS) is 12.6. The number of rotatable bonds is 9. The summed E-state index contributed by atoms with van der Waals surface area (Å²) in [7, 11) is 0. The van der Waals surface area contributed by atoms with Crippen molar-refractivity contribution in [3.8, 4) is 11.1 Å². The molecule has 166 valence electrons. The van der Waals surface area contributed by atoms with E-state index in [1.807, 2.05) is 104 Å². The lowest BCUT2D eigenvalue weighted by Gasteiger charge is -2.21. The van der Waals surface area contributed by atoms with Crippen LogP contribution in [-0.4, -0.2) is 5.97 Å². The molecule has 3 heteroatoms. The summed E-state index contributed by atoms with van der Waals surface area (Å²) in [5.41, 5.74) is 5.10. The summed E-state index contributed by atoms with van der Waals surface area (Å²) in [4.78, 5) is 24.4. The molecule has 0 saturated heterocycles. The molecule has 4 rings (SSSR count). The van der Waals surface area contributed by atoms with E-state index in [1.54, 1.807) is 0 Å². The Hall–Kier alpha value is -3.69. The van der Waals surface area contributed by atoms with Crippen LogP contribution in [0.5, 0.6) is 0 Å². The molecule has 0 heterocycles. The van der Waals surface area contributed by atoms with Crippen LogP contribution < -0.4 is 0 Å². The van der Waals surface area contributed by atoms with E-state index >= 15 is 0 Å². The van der Waals surface area contributed by atoms with Crippen molar-refractivity contribution >= 4 is 5.97 Å². The molecule has 33 heavy (non-hydrogen) atoms. The minimum absolute atomic E-state index is 0.270. The first-order valence-electron chi connectivity index (χ1n) is 11.4. The average molecular weight is 437 g/mol. The van der Waals surface area contributed by atoms with Gasteiger partial charge in [-0.2, -0.15) is 4.89 Å². The van der Waals surface area contributed by atoms with Gasteiger partial charge in [-0.3, -0.25) is 4.89 Å². The zero-order valence-electron chi connectivity index (χ0n) is 18.8. The average Bonchev–Trinajstić information content (AvgIpc) is 2.89. The molecule has 0 aliphatic carbocycles. The number of hydrogen-bond donors (Lipinski definition) is 0. The van der Waals surface area contributed by atoms with Gasteiger partial charge < -0.3 is 0 Å². The van der Waals surface area contributed by atoms with Gasteiger partial charge in [-0.1, -0.05) is 122 Å². The summed E-state index contributed by atoms with van der Waals surface area (Å²) < 4.78 is 0. The highest BCUT2D eigenvalue weighted by Crippen LogP contribution is 2.34. The van der Waals surface area contributed by atoms with Gasteiger partial charge in [0.25, 0.3) is 0 Å². The largest absolute Gasteiger partial charge is 0.345 e. The van der Waals surface area contributed by atoms with Crippen LogP contribution >= 0.6 is 0 Å². The molecule has 2 unspecified atom stereocenters. The van der Waals surface area contributed by atoms with E-state index in [0.29, 0.717) is 12.8 Å². The van der Waals surface area contributed by atoms with E-state index in [2.05, 4.69) is 18.2 Å². The standard InChI is InChI=1S/C30H28O3/c1-2-24(22-23-14-6-3-7-15-23)30(31)33-32-29(26-18-10-5-11-19-26)28-21-13-12-20-27(28)25-16-8-4-9-17-25/h3-21,24,29H,2,22H2,1H3. The number of benzene rings is 4. The third-order valence-corrected chi connectivity index (χ3v) is 5.81. The van der Waals surface area contributed by atoms with Gasteiger partial charge in [-0.25, -0.2) is 4.79 Å². The first-order valence-corrected chi connectivity index (χ1v) is 11.4. The SMILES string of the molecule is CCC(Cc1ccccc1)C(=O)OOC(c1ccccc1)c1ccccc1-c1ccccc1. The molecule has 2 atom stereocenters. The van der Waals surface area contributed by atoms with Gasteiger partial charge in [0.1, 0.15) is 0 Å². The molecule has 0 fully saturated rings. The summed E-state index contributed by atoms with van der Waals surface area (Å²) in [6.45, 7) is 1.99. The maximum absolute atomic E-state index is 13.0. The maximum atomic E-state index is 13.0. The van der Waals surface area contributed by atoms with Crippen molar-refractivity contribution in [2.75, 3.05) is 0 Å². The van der Waals surface area contributed by atoms with Crippen LogP contribution in [0.2, 0.25) is 0 Å². The fraction of sp³-hybridized carbons (Fsp3) is 0.167. The third-order valence-electron chi connectivity index (χ3n) is 5.81. The molecule has 0 aliphatic heterocycles. The number of carbonyl (C=O) groups excluding carboxylic acids is 1. The van der Waals surface area contributed by atoms with Gasteiger partial charge in [-0.15, -0.1) is 0 Å². The first-order chi connectivity index (χ1) is 16.3. The zero-order valence-corrected chi connectivity index (χ0v) is 18.8. The number of hydrogen-bond acceptors (Lipinski definition) is 3. The smallest absolute Gasteiger partial charge is 0.297 e. The van der Waals surface area contributed by atoms with Gasteiger partial charge >= 0.3 is 5.97 Å². The summed E-state index contributed by atoms with van der Waals surface area (Å²) in [6, 6.07) is 38.1. The quantitative estimate of drug-likeness (QED) is 0.206. The number of carbonyl (C=O) groups is 1. The van der Waals surface area contributed by atoms with Crippen LogP contribution in [0.15, 0.2) is 115 Å². The Morgan fingerprint density at radius 1 is 0.727 bits per heavy atom. The lowest BCUT2D eigenvalue weighted by Crippen LogP contribution is -2.21. The lowest BCUT2D eigenvalue weighted by atomic mass is 9.93. The molecule has 0 spiro atoms. The van der Waals surface area contributed by atoms with Gasteiger partial charge in [-0.05, 0) is 40.7 Å². The molecule has 0 amide bonds. The monoisotopic (exact) mass is 436 g/mol. The third kappa shape index (κ3) is 5.76. The van der Waals surface area contributed by atoms with Gasteiger partial charge in [0.15, 0.2) is 6.10 Å². The fourth-order valence-corrected chi connectivity index (χ4v) is 3.98. The molecule has 0 N–H and O–H groups in total. The van der Waals surface area contributed by atoms with Crippen molar-refractivity contribution in [3.63, 3.8) is 0 Å². The van der Waals surface area contributed by atoms with Crippen molar-refractivity contribution in [1.29, 1.82) is 0 Å². The molecule has 0 aromatic heterocycles. The lowest BCUT2D eigenvalue weighted by molar-refractivity contribution is -0.295. The van der Waals surface area contributed by atoms with Gasteiger partial charge in [0.05, 0.1) is 5.92 Å². The Morgan fingerprint density at radius 3 is 1.97 bits per heavy atom. The minimum Gasteiger partial charge on any atom is -0.297 e. The molecule has 4 aromatic carbocycles. The maximum Gasteiger partial charge on any atom is 0.345 e. The van der Waals surface area contributed by atoms with E-state index in [9.17, 15) is 4.79 Å². The van der Waals surface area contributed by atoms with E-state index in [1.165, 1.54) is 0 Å². The van der Waals surface area contributed by atoms with Crippen molar-refractivity contribution in [3.05, 3.63) is 132 Å².